The Balaban J connectivity index is 1.74. The molecule has 2 aromatic heterocycles. The van der Waals surface area contributed by atoms with E-state index in [0.717, 1.165) is 46.6 Å². The maximum atomic E-state index is 14.8. The number of nitrogens with one attached hydrogen (secondary N) is 1. The molecule has 0 radical (unpaired) electrons. The molecule has 0 bridgehead atoms. The van der Waals surface area contributed by atoms with Gasteiger partial charge >= 0.3 is 6.18 Å². The van der Waals surface area contributed by atoms with Crippen LogP contribution in [0.4, 0.5) is 22.7 Å². The van der Waals surface area contributed by atoms with Crippen molar-refractivity contribution in [3.8, 4) is 0 Å². The quantitative estimate of drug-likeness (QED) is 0.176. The Kier molecular flexibility index (Phi) is 7.04. The van der Waals surface area contributed by atoms with E-state index >= 15 is 0 Å². The zero-order valence-electron chi connectivity index (χ0n) is 19.1. The lowest BCUT2D eigenvalue weighted by Crippen LogP contribution is -2.40. The van der Waals surface area contributed by atoms with Crippen LogP contribution in [-0.2, 0) is 31.0 Å². The van der Waals surface area contributed by atoms with Crippen molar-refractivity contribution >= 4 is 39.1 Å². The minimum Gasteiger partial charge on any atom is -0.346 e. The van der Waals surface area contributed by atoms with Crippen LogP contribution in [0, 0.1) is 9.39 Å². The van der Waals surface area contributed by atoms with E-state index in [9.17, 15) is 17.6 Å². The highest BCUT2D eigenvalue weighted by molar-refractivity contribution is 14.1. The monoisotopic (exact) mass is 623 g/mol. The summed E-state index contributed by atoms with van der Waals surface area (Å²) in [6.45, 7) is 0. The molecule has 9 heteroatoms. The normalized spacial score (nSPS) is 15.2. The van der Waals surface area contributed by atoms with Crippen molar-refractivity contribution in [1.82, 2.24) is 9.97 Å². The SMILES string of the molecule is Fc1cc(C(F)(F)F)cc(C(Cc2ccccc2)(Nc2nc3c(s2)CCCC3)c2ccc(I)cn2)c1. The van der Waals surface area contributed by atoms with E-state index in [1.807, 2.05) is 36.4 Å². The van der Waals surface area contributed by atoms with Crippen LogP contribution in [0.15, 0.2) is 66.9 Å². The highest BCUT2D eigenvalue weighted by atomic mass is 127. The molecule has 1 N–H and O–H groups in total. The van der Waals surface area contributed by atoms with Crippen molar-refractivity contribution in [2.24, 2.45) is 0 Å². The first-order chi connectivity index (χ1) is 17.2. The average Bonchev–Trinajstić information content (AvgIpc) is 3.26. The fraction of sp³-hybridized carbons (Fsp3) is 0.259. The van der Waals surface area contributed by atoms with Gasteiger partial charge in [0.1, 0.15) is 11.4 Å². The van der Waals surface area contributed by atoms with Gasteiger partial charge in [-0.25, -0.2) is 9.37 Å². The van der Waals surface area contributed by atoms with E-state index in [0.29, 0.717) is 16.9 Å². The second kappa shape index (κ2) is 10.1. The van der Waals surface area contributed by atoms with Crippen LogP contribution in [0.25, 0.3) is 0 Å². The molecule has 36 heavy (non-hydrogen) atoms. The summed E-state index contributed by atoms with van der Waals surface area (Å²) < 4.78 is 57.0. The predicted molar refractivity (Wildman–Crippen MR) is 142 cm³/mol. The van der Waals surface area contributed by atoms with E-state index in [1.165, 1.54) is 22.3 Å². The Morgan fingerprint density at radius 1 is 0.944 bits per heavy atom. The fourth-order valence-electron chi connectivity index (χ4n) is 4.64. The van der Waals surface area contributed by atoms with Crippen molar-refractivity contribution in [2.45, 2.75) is 43.8 Å². The number of aryl methyl sites for hydroxylation is 2. The molecule has 0 aliphatic heterocycles. The number of pyridine rings is 1. The van der Waals surface area contributed by atoms with E-state index in [1.54, 1.807) is 12.3 Å². The smallest absolute Gasteiger partial charge is 0.346 e. The van der Waals surface area contributed by atoms with Crippen LogP contribution in [0.3, 0.4) is 0 Å². The number of thiazole rings is 1. The molecule has 0 spiro atoms. The molecule has 5 rings (SSSR count). The maximum absolute atomic E-state index is 14.8. The molecule has 0 amide bonds. The molecule has 3 nitrogen and oxygen atoms in total. The third-order valence-electron chi connectivity index (χ3n) is 6.36. The minimum atomic E-state index is -4.70. The number of benzene rings is 2. The zero-order valence-corrected chi connectivity index (χ0v) is 22.1. The van der Waals surface area contributed by atoms with Crippen molar-refractivity contribution in [3.05, 3.63) is 109 Å². The van der Waals surface area contributed by atoms with Crippen LogP contribution in [0.5, 0.6) is 0 Å². The first-order valence-corrected chi connectivity index (χ1v) is 13.4. The number of aromatic nitrogens is 2. The second-order valence-corrected chi connectivity index (χ2v) is 11.2. The summed E-state index contributed by atoms with van der Waals surface area (Å²) in [6.07, 6.45) is 1.15. The molecule has 0 saturated heterocycles. The topological polar surface area (TPSA) is 37.8 Å². The Hall–Kier alpha value is -2.53. The van der Waals surface area contributed by atoms with Crippen molar-refractivity contribution in [1.29, 1.82) is 0 Å². The summed E-state index contributed by atoms with van der Waals surface area (Å²) in [5.74, 6) is -0.956. The van der Waals surface area contributed by atoms with E-state index < -0.39 is 23.1 Å². The Labute approximate surface area is 224 Å². The molecule has 1 aliphatic rings. The lowest BCUT2D eigenvalue weighted by atomic mass is 9.80. The van der Waals surface area contributed by atoms with Crippen LogP contribution in [0.2, 0.25) is 0 Å². The van der Waals surface area contributed by atoms with Gasteiger partial charge < -0.3 is 5.32 Å². The summed E-state index contributed by atoms with van der Waals surface area (Å²) in [4.78, 5) is 10.6. The molecule has 4 aromatic rings. The van der Waals surface area contributed by atoms with Gasteiger partial charge in [0.2, 0.25) is 0 Å². The van der Waals surface area contributed by atoms with Crippen LogP contribution < -0.4 is 5.32 Å². The van der Waals surface area contributed by atoms with Gasteiger partial charge in [0.15, 0.2) is 5.13 Å². The largest absolute Gasteiger partial charge is 0.416 e. The summed E-state index contributed by atoms with van der Waals surface area (Å²) in [5, 5.41) is 4.06. The predicted octanol–water partition coefficient (Wildman–Crippen LogP) is 7.78. The Bertz CT molecular complexity index is 1330. The van der Waals surface area contributed by atoms with Crippen LogP contribution >= 0.6 is 33.9 Å². The van der Waals surface area contributed by atoms with E-state index in [-0.39, 0.29) is 12.0 Å². The summed E-state index contributed by atoms with van der Waals surface area (Å²) in [7, 11) is 0. The second-order valence-electron chi connectivity index (χ2n) is 8.88. The van der Waals surface area contributed by atoms with Crippen molar-refractivity contribution < 1.29 is 17.6 Å². The van der Waals surface area contributed by atoms with Crippen molar-refractivity contribution in [3.63, 3.8) is 0 Å². The third kappa shape index (κ3) is 5.27. The van der Waals surface area contributed by atoms with Gasteiger partial charge in [-0.1, -0.05) is 30.3 Å². The lowest BCUT2D eigenvalue weighted by molar-refractivity contribution is -0.137. The molecule has 186 valence electrons. The molecule has 1 atom stereocenters. The molecule has 0 saturated carbocycles. The molecule has 0 fully saturated rings. The van der Waals surface area contributed by atoms with E-state index in [2.05, 4.69) is 32.9 Å². The third-order valence-corrected chi connectivity index (χ3v) is 8.07. The van der Waals surface area contributed by atoms with Gasteiger partial charge in [-0.15, -0.1) is 11.3 Å². The molecule has 2 heterocycles. The summed E-state index contributed by atoms with van der Waals surface area (Å²) in [6, 6.07) is 15.8. The molecule has 1 aliphatic carbocycles. The van der Waals surface area contributed by atoms with Gasteiger partial charge in [0.25, 0.3) is 0 Å². The Morgan fingerprint density at radius 3 is 2.39 bits per heavy atom. The number of hydrogen-bond acceptors (Lipinski definition) is 4. The number of fused-ring (bicyclic) bond motifs is 1. The molecular weight excluding hydrogens is 601 g/mol. The lowest BCUT2D eigenvalue weighted by Gasteiger charge is -2.36. The summed E-state index contributed by atoms with van der Waals surface area (Å²) in [5.41, 5.74) is 0.173. The number of rotatable bonds is 6. The van der Waals surface area contributed by atoms with Gasteiger partial charge in [0, 0.05) is 21.1 Å². The molecule has 2 aromatic carbocycles. The number of nitrogens with zero attached hydrogens (tertiary/aromatic N) is 2. The number of alkyl halides is 3. The number of anilines is 1. The maximum Gasteiger partial charge on any atom is 0.416 e. The minimum absolute atomic E-state index is 0.139. The van der Waals surface area contributed by atoms with E-state index in [4.69, 9.17) is 4.98 Å². The average molecular weight is 623 g/mol. The first-order valence-electron chi connectivity index (χ1n) is 11.5. The highest BCUT2D eigenvalue weighted by Crippen LogP contribution is 2.41. The van der Waals surface area contributed by atoms with Gasteiger partial charge in [-0.2, -0.15) is 13.2 Å². The zero-order chi connectivity index (χ0) is 25.3. The molecular formula is C27H22F4IN3S. The number of hydrogen-bond donors (Lipinski definition) is 1. The standard InChI is InChI=1S/C27H22F4IN3S/c28-20-13-18(12-19(14-20)27(29,30)31)26(15-17-6-2-1-3-7-17,24-11-10-21(32)16-33-24)35-25-34-22-8-4-5-9-23(22)36-25/h1-3,6-7,10-14,16H,4-5,8-9,15H2,(H,34,35). The van der Waals surface area contributed by atoms with Gasteiger partial charge in [-0.05, 0) is 89.7 Å². The van der Waals surface area contributed by atoms with Gasteiger partial charge in [-0.3, -0.25) is 4.98 Å². The molecule has 1 unspecified atom stereocenters. The van der Waals surface area contributed by atoms with Crippen LogP contribution in [-0.4, -0.2) is 9.97 Å². The summed E-state index contributed by atoms with van der Waals surface area (Å²) >= 11 is 3.64. The van der Waals surface area contributed by atoms with Crippen molar-refractivity contribution in [2.75, 3.05) is 5.32 Å². The first kappa shape index (κ1) is 25.1. The van der Waals surface area contributed by atoms with Gasteiger partial charge in [0.05, 0.1) is 17.0 Å². The highest BCUT2D eigenvalue weighted by Gasteiger charge is 2.40. The fourth-order valence-corrected chi connectivity index (χ4v) is 6.08. The Morgan fingerprint density at radius 2 is 1.69 bits per heavy atom. The number of halogens is 5. The van der Waals surface area contributed by atoms with Crippen LogP contribution in [0.1, 0.15) is 45.8 Å².